The van der Waals surface area contributed by atoms with E-state index in [0.29, 0.717) is 44.3 Å². The molecule has 6 aromatic rings. The predicted molar refractivity (Wildman–Crippen MR) is 494 cm³/mol. The molecule has 134 heavy (non-hydrogen) atoms. The number of carbonyl (C=O) groups is 18. The molecule has 2 saturated heterocycles. The van der Waals surface area contributed by atoms with Gasteiger partial charge in [0, 0.05) is 131 Å². The molecule has 0 unspecified atom stereocenters. The van der Waals surface area contributed by atoms with E-state index in [1.54, 1.807) is 104 Å². The monoisotopic (exact) mass is 1900 g/mol. The number of ether oxygens (including phenoxy) is 2. The zero-order valence-electron chi connectivity index (χ0n) is 75.9. The average Bonchev–Trinajstić information content (AvgIpc) is 1.50. The normalized spacial score (nSPS) is 19.5. The van der Waals surface area contributed by atoms with Crippen LogP contribution in [-0.2, 0) is 117 Å². The van der Waals surface area contributed by atoms with E-state index in [1.165, 1.54) is 54.1 Å². The van der Waals surface area contributed by atoms with Crippen LogP contribution in [0.25, 0.3) is 21.7 Å². The highest BCUT2D eigenvalue weighted by Gasteiger charge is 2.49. The van der Waals surface area contributed by atoms with Gasteiger partial charge in [-0.15, -0.1) is 0 Å². The van der Waals surface area contributed by atoms with Crippen molar-refractivity contribution >= 4 is 150 Å². The van der Waals surface area contributed by atoms with Crippen LogP contribution in [-0.4, -0.2) is 266 Å². The number of aliphatic hydroxyl groups excluding tert-OH is 1. The number of carbonyl (C=O) groups excluding carboxylic acids is 17. The maximum Gasteiger partial charge on any atom is 0.303 e. The van der Waals surface area contributed by atoms with Gasteiger partial charge in [-0.05, 0) is 130 Å². The van der Waals surface area contributed by atoms with Crippen molar-refractivity contribution in [3.8, 4) is 5.75 Å². The number of carboxylic acid groups (broad SMARTS) is 1. The lowest BCUT2D eigenvalue weighted by atomic mass is 9.87. The number of amides is 17. The summed E-state index contributed by atoms with van der Waals surface area (Å²) < 4.78 is 8.26. The molecule has 0 radical (unpaired) electrons. The molecule has 42 nitrogen and oxygen atoms in total. The molecule has 4 aromatic carbocycles. The number of nitrogens with two attached hydrogens (primary N) is 4. The molecule has 2 aromatic heterocycles. The Morgan fingerprint density at radius 3 is 1.88 bits per heavy atom. The number of carboxylic acids is 1. The smallest absolute Gasteiger partial charge is 0.303 e. The minimum atomic E-state index is -2.10. The van der Waals surface area contributed by atoms with Gasteiger partial charge in [-0.2, -0.15) is 0 Å². The van der Waals surface area contributed by atoms with Gasteiger partial charge in [0.1, 0.15) is 84.4 Å². The SMILES string of the molecule is CC(=O)NCCCC[C@@H]1NC(=O)[C@H](Cc2c[nH]c3cccc(C)c23)NC(=O)[C@H]([C@@H](C)O)NC(=O)[C@H](CC(N)=O)NC(=O)[C@@H](NC(C)=O)C(C)(C)SSC(C)(C)[C@@H](C(=O)N[C@@H](Cc2ccc(OCCN)cc2)C(=O)N[C@@H](Cc2ccc3ccccc3c2)C(=O)NC2(C(=O)N[C@@H](CCC(=O)O)C(=O)N[C@@H](CC(N)=O)C(=O)N[C@@H](Cc3cccnc3)C(=O)N(C)CC(N)=O)CCOCC2)NC1=O. The van der Waals surface area contributed by atoms with E-state index in [2.05, 4.69) is 79.1 Å². The highest BCUT2D eigenvalue weighted by molar-refractivity contribution is 8.77. The number of aromatic nitrogens is 2. The van der Waals surface area contributed by atoms with Crippen LogP contribution in [0.3, 0.4) is 0 Å². The molecule has 44 heteroatoms. The Balaban J connectivity index is 1.22. The molecule has 0 spiro atoms. The van der Waals surface area contributed by atoms with Gasteiger partial charge in [0.15, 0.2) is 0 Å². The standard InChI is InChI=1S/C90H120N20O22S2/c1-48-16-14-21-59-72(48)57(46-97-59)42-64-79(122)99-60(20-12-13-34-96-50(3)112)77(120)108-75(89(7,8)134-133-88(5,6)74(98-51(4)113)84(127)104-66(44-69(93)115)81(124)107-73(49(2)111)83(126)102-64)85(128)103-62(39-52-23-26-58(27-24-52)132-37-32-91)78(121)100-63(40-53-22-25-55-18-10-11-19-56(55)38-53)82(125)109-90(30-35-131-36-31-90)87(130)106-61(28-29-71(117)118)76(119)101-65(43-68(92)114)80(123)105-67(41-54-17-15-33-95-45-54)86(129)110(9)47-70(94)116/h10-11,14-19,21-27,33,38,45-46,49,60-67,73-75,97,111H,12-13,20,28-32,34-37,39-44,47,91H2,1-9H3,(H2,92,114)(H2,93,115)(H2,94,116)(H,96,112)(H,98,113)(H,99,122)(H,100,121)(H,101,119)(H,102,126)(H,103,128)(H,104,127)(H,105,123)(H,106,130)(H,107,124)(H,108,120)(H,109,125)(H,117,118)/t49-,60+,61+,62+,63+,64+,65+,66+,67+,73+,74-,75-/m1/s1. The largest absolute Gasteiger partial charge is 0.492 e. The van der Waals surface area contributed by atoms with Crippen LogP contribution in [0.1, 0.15) is 134 Å². The predicted octanol–water partition coefficient (Wildman–Crippen LogP) is -2.15. The van der Waals surface area contributed by atoms with E-state index in [9.17, 15) is 67.7 Å². The zero-order chi connectivity index (χ0) is 98.5. The molecule has 2 fully saturated rings. The number of hydrogen-bond donors (Lipinski definition) is 20. The van der Waals surface area contributed by atoms with E-state index in [-0.39, 0.29) is 90.2 Å². The quantitative estimate of drug-likeness (QED) is 0.0144. The molecule has 2 aliphatic rings. The van der Waals surface area contributed by atoms with Gasteiger partial charge in [0.2, 0.25) is 100 Å². The average molecular weight is 1900 g/mol. The van der Waals surface area contributed by atoms with Crippen molar-refractivity contribution in [1.82, 2.24) is 84.0 Å². The lowest BCUT2D eigenvalue weighted by molar-refractivity contribution is -0.142. The summed E-state index contributed by atoms with van der Waals surface area (Å²) in [5.74, 6) is -18.6. The Hall–Kier alpha value is -13.3. The number of aliphatic carboxylic acids is 1. The first-order chi connectivity index (χ1) is 63.4. The first-order valence-electron chi connectivity index (χ1n) is 43.5. The Bertz CT molecular complexity index is 5270. The van der Waals surface area contributed by atoms with Crippen molar-refractivity contribution in [2.24, 2.45) is 22.9 Å². The maximum absolute atomic E-state index is 16.4. The van der Waals surface area contributed by atoms with Crippen LogP contribution in [0.4, 0.5) is 0 Å². The fourth-order valence-corrected chi connectivity index (χ4v) is 18.0. The molecule has 4 heterocycles. The van der Waals surface area contributed by atoms with E-state index in [1.807, 2.05) is 6.07 Å². The summed E-state index contributed by atoms with van der Waals surface area (Å²) >= 11 is 0. The Kier molecular flexibility index (Phi) is 39.1. The van der Waals surface area contributed by atoms with Crippen molar-refractivity contribution in [3.63, 3.8) is 0 Å². The van der Waals surface area contributed by atoms with Crippen molar-refractivity contribution in [2.45, 2.75) is 226 Å². The second kappa shape index (κ2) is 49.4. The second-order valence-electron chi connectivity index (χ2n) is 34.2. The lowest BCUT2D eigenvalue weighted by Crippen LogP contribution is -2.67. The summed E-state index contributed by atoms with van der Waals surface area (Å²) in [7, 11) is 3.01. The minimum absolute atomic E-state index is 0.0902. The number of rotatable bonds is 40. The summed E-state index contributed by atoms with van der Waals surface area (Å²) in [6, 6.07) is 7.54. The van der Waals surface area contributed by atoms with Crippen LogP contribution in [0, 0.1) is 6.92 Å². The first-order valence-corrected chi connectivity index (χ1v) is 45.7. The number of likely N-dealkylation sites (N-methyl/N-ethyl adjacent to an activating group) is 1. The molecule has 0 saturated carbocycles. The molecular formula is C90H120N20O22S2. The van der Waals surface area contributed by atoms with Gasteiger partial charge in [-0.1, -0.05) is 94.4 Å². The zero-order valence-corrected chi connectivity index (χ0v) is 77.5. The molecule has 724 valence electrons. The van der Waals surface area contributed by atoms with Crippen LogP contribution >= 0.6 is 21.6 Å². The van der Waals surface area contributed by atoms with Crippen LogP contribution in [0.15, 0.2) is 116 Å². The van der Waals surface area contributed by atoms with Gasteiger partial charge in [-0.3, -0.25) is 91.3 Å². The van der Waals surface area contributed by atoms with Crippen molar-refractivity contribution in [2.75, 3.05) is 46.5 Å². The Morgan fingerprint density at radius 2 is 1.24 bits per heavy atom. The van der Waals surface area contributed by atoms with Gasteiger partial charge >= 0.3 is 5.97 Å². The second-order valence-corrected chi connectivity index (χ2v) is 37.6. The highest BCUT2D eigenvalue weighted by Crippen LogP contribution is 2.47. The van der Waals surface area contributed by atoms with E-state index in [4.69, 9.17) is 32.4 Å². The van der Waals surface area contributed by atoms with Crippen LogP contribution < -0.4 is 96.8 Å². The number of aliphatic hydroxyl groups is 1. The third-order valence-electron chi connectivity index (χ3n) is 22.4. The number of nitrogens with zero attached hydrogens (tertiary/aromatic N) is 2. The van der Waals surface area contributed by atoms with Gasteiger partial charge in [-0.25, -0.2) is 0 Å². The van der Waals surface area contributed by atoms with Gasteiger partial charge < -0.3 is 122 Å². The summed E-state index contributed by atoms with van der Waals surface area (Å²) in [5, 5.41) is 57.7. The molecule has 0 aliphatic carbocycles. The Labute approximate surface area is 780 Å². The number of aromatic amines is 1. The summed E-state index contributed by atoms with van der Waals surface area (Å²) in [4.78, 5) is 266. The van der Waals surface area contributed by atoms with E-state index >= 15 is 28.8 Å². The summed E-state index contributed by atoms with van der Waals surface area (Å²) in [6.45, 7) is 10.7. The number of unbranched alkanes of at least 4 members (excludes halogenated alkanes) is 1. The van der Waals surface area contributed by atoms with Gasteiger partial charge in [0.25, 0.3) is 0 Å². The van der Waals surface area contributed by atoms with Crippen LogP contribution in [0.2, 0.25) is 0 Å². The van der Waals surface area contributed by atoms with Crippen molar-refractivity contribution in [1.29, 1.82) is 0 Å². The highest BCUT2D eigenvalue weighted by atomic mass is 33.1. The van der Waals surface area contributed by atoms with Crippen molar-refractivity contribution < 1.29 is 106 Å². The molecule has 2 aliphatic heterocycles. The molecule has 17 amide bonds. The molecule has 12 atom stereocenters. The van der Waals surface area contributed by atoms with Crippen molar-refractivity contribution in [3.05, 3.63) is 143 Å². The number of fused-ring (bicyclic) bond motifs is 2. The maximum atomic E-state index is 16.4. The van der Waals surface area contributed by atoms with E-state index < -0.39 is 227 Å². The lowest BCUT2D eigenvalue weighted by Gasteiger charge is -2.39. The fraction of sp³-hybridized carbons (Fsp3) is 0.478. The minimum Gasteiger partial charge on any atom is -0.492 e. The number of benzene rings is 4. The third kappa shape index (κ3) is 31.4. The molecule has 0 bridgehead atoms. The number of H-pyrrole nitrogens is 1. The molecule has 8 rings (SSSR count). The number of primary amides is 3. The van der Waals surface area contributed by atoms with Gasteiger partial charge in [0.05, 0.1) is 25.5 Å². The Morgan fingerprint density at radius 1 is 0.627 bits per heavy atom. The third-order valence-corrected chi connectivity index (χ3v) is 26.6. The number of aryl methyl sites for hydroxylation is 1. The number of nitrogens with one attached hydrogen (secondary N) is 14. The first kappa shape index (κ1) is 106. The summed E-state index contributed by atoms with van der Waals surface area (Å²) in [5.41, 5.74) is 23.4. The number of hydrogen-bond acceptors (Lipinski definition) is 25. The fourth-order valence-electron chi connectivity index (χ4n) is 15.2. The van der Waals surface area contributed by atoms with E-state index in [0.717, 1.165) is 51.3 Å². The topological polar surface area (TPSA) is 659 Å². The summed E-state index contributed by atoms with van der Waals surface area (Å²) in [6.07, 6.45) is -2.62. The van der Waals surface area contributed by atoms with Crippen LogP contribution in [0.5, 0.6) is 5.75 Å². The number of pyridine rings is 1. The molecule has 24 N–H and O–H groups in total. The molecular weight excluding hydrogens is 1780 g/mol.